The van der Waals surface area contributed by atoms with E-state index in [1.165, 1.54) is 17.0 Å². The molecule has 0 radical (unpaired) electrons. The van der Waals surface area contributed by atoms with Gasteiger partial charge in [-0.3, -0.25) is 14.4 Å². The number of likely N-dealkylation sites (N-methyl/N-ethyl adjacent to an activating group) is 1. The van der Waals surface area contributed by atoms with Gasteiger partial charge < -0.3 is 14.2 Å². The fourth-order valence-corrected chi connectivity index (χ4v) is 2.37. The Hall–Kier alpha value is -2.11. The molecular weight excluding hydrogens is 260 g/mol. The van der Waals surface area contributed by atoms with Crippen molar-refractivity contribution in [2.24, 2.45) is 0 Å². The summed E-state index contributed by atoms with van der Waals surface area (Å²) in [4.78, 5) is 39.1. The van der Waals surface area contributed by atoms with E-state index in [4.69, 9.17) is 4.42 Å². The van der Waals surface area contributed by atoms with Gasteiger partial charge in [-0.15, -0.1) is 0 Å². The predicted octanol–water partition coefficient (Wildman–Crippen LogP) is 0.641. The van der Waals surface area contributed by atoms with Crippen molar-refractivity contribution in [1.82, 2.24) is 9.80 Å². The van der Waals surface area contributed by atoms with Crippen molar-refractivity contribution in [3.05, 3.63) is 33.9 Å². The highest BCUT2D eigenvalue weighted by atomic mass is 16.3. The van der Waals surface area contributed by atoms with Crippen LogP contribution < -0.4 is 5.43 Å². The third-order valence-electron chi connectivity index (χ3n) is 3.49. The topological polar surface area (TPSA) is 70.8 Å². The van der Waals surface area contributed by atoms with Gasteiger partial charge in [-0.1, -0.05) is 0 Å². The fourth-order valence-electron chi connectivity index (χ4n) is 2.37. The number of nitrogens with zero attached hydrogens (tertiary/aromatic N) is 2. The first-order chi connectivity index (χ1) is 9.43. The summed E-state index contributed by atoms with van der Waals surface area (Å²) >= 11 is 0. The highest BCUT2D eigenvalue weighted by Gasteiger charge is 2.34. The molecule has 0 N–H and O–H groups in total. The molecule has 0 aromatic carbocycles. The van der Waals surface area contributed by atoms with Crippen molar-refractivity contribution in [3.63, 3.8) is 0 Å². The van der Waals surface area contributed by atoms with Gasteiger partial charge in [-0.05, 0) is 20.8 Å². The van der Waals surface area contributed by atoms with E-state index in [1.54, 1.807) is 18.7 Å². The summed E-state index contributed by atoms with van der Waals surface area (Å²) < 4.78 is 5.29. The first kappa shape index (κ1) is 14.3. The monoisotopic (exact) mass is 278 g/mol. The van der Waals surface area contributed by atoms with Gasteiger partial charge in [-0.25, -0.2) is 0 Å². The standard InChI is InChI=1S/C14H18N2O4/c1-4-15-5-6-16(10(3)13(15)18)14(19)12-8-11(17)7-9(2)20-12/h7-8,10H,4-6H2,1-3H3/t10-/m0/s1. The number of hydrogen-bond donors (Lipinski definition) is 0. The van der Waals surface area contributed by atoms with Crippen LogP contribution in [0.5, 0.6) is 0 Å². The largest absolute Gasteiger partial charge is 0.456 e. The Bertz CT molecular complexity index is 593. The van der Waals surface area contributed by atoms with Crippen molar-refractivity contribution >= 4 is 11.8 Å². The molecule has 2 amide bonds. The minimum Gasteiger partial charge on any atom is -0.456 e. The van der Waals surface area contributed by atoms with Crippen LogP contribution in [0.15, 0.2) is 21.3 Å². The van der Waals surface area contributed by atoms with Crippen LogP contribution in [0.3, 0.4) is 0 Å². The molecule has 1 saturated heterocycles. The van der Waals surface area contributed by atoms with E-state index in [1.807, 2.05) is 6.92 Å². The van der Waals surface area contributed by atoms with Crippen molar-refractivity contribution in [2.45, 2.75) is 26.8 Å². The molecule has 6 heteroatoms. The van der Waals surface area contributed by atoms with Crippen molar-refractivity contribution in [3.8, 4) is 0 Å². The number of hydrogen-bond acceptors (Lipinski definition) is 4. The van der Waals surface area contributed by atoms with Crippen molar-refractivity contribution in [1.29, 1.82) is 0 Å². The number of piperazine rings is 1. The highest BCUT2D eigenvalue weighted by Crippen LogP contribution is 2.15. The summed E-state index contributed by atoms with van der Waals surface area (Å²) in [6, 6.07) is 1.95. The van der Waals surface area contributed by atoms with Crippen molar-refractivity contribution < 1.29 is 14.0 Å². The molecule has 1 fully saturated rings. The van der Waals surface area contributed by atoms with E-state index in [2.05, 4.69) is 0 Å². The molecule has 1 aromatic rings. The third kappa shape index (κ3) is 2.59. The summed E-state index contributed by atoms with van der Waals surface area (Å²) in [7, 11) is 0. The van der Waals surface area contributed by atoms with E-state index in [9.17, 15) is 14.4 Å². The number of carbonyl (C=O) groups is 2. The number of carbonyl (C=O) groups excluding carboxylic acids is 2. The normalized spacial score (nSPS) is 19.4. The quantitative estimate of drug-likeness (QED) is 0.796. The SMILES string of the molecule is CCN1CCN(C(=O)c2cc(=O)cc(C)o2)[C@@H](C)C1=O. The summed E-state index contributed by atoms with van der Waals surface area (Å²) in [6.45, 7) is 6.78. The molecule has 1 aromatic heterocycles. The van der Waals surface area contributed by atoms with Gasteiger partial charge in [0.05, 0.1) is 0 Å². The lowest BCUT2D eigenvalue weighted by molar-refractivity contribution is -0.139. The molecular formula is C14H18N2O4. The Morgan fingerprint density at radius 2 is 2.05 bits per heavy atom. The molecule has 20 heavy (non-hydrogen) atoms. The number of rotatable bonds is 2. The molecule has 0 unspecified atom stereocenters. The Kier molecular flexibility index (Phi) is 3.92. The highest BCUT2D eigenvalue weighted by molar-refractivity contribution is 5.96. The summed E-state index contributed by atoms with van der Waals surface area (Å²) in [5.74, 6) is -0.129. The van der Waals surface area contributed by atoms with Gasteiger partial charge in [0.25, 0.3) is 5.91 Å². The van der Waals surface area contributed by atoms with E-state index < -0.39 is 11.9 Å². The Morgan fingerprint density at radius 3 is 2.65 bits per heavy atom. The average Bonchev–Trinajstić information content (AvgIpc) is 2.40. The second-order valence-electron chi connectivity index (χ2n) is 4.86. The lowest BCUT2D eigenvalue weighted by atomic mass is 10.1. The maximum Gasteiger partial charge on any atom is 0.290 e. The maximum atomic E-state index is 12.4. The molecule has 2 heterocycles. The molecule has 1 atom stereocenters. The van der Waals surface area contributed by atoms with Crippen molar-refractivity contribution in [2.75, 3.05) is 19.6 Å². The molecule has 1 aliphatic heterocycles. The van der Waals surface area contributed by atoms with Crippen LogP contribution in [0.4, 0.5) is 0 Å². The van der Waals surface area contributed by atoms with E-state index in [-0.39, 0.29) is 17.1 Å². The third-order valence-corrected chi connectivity index (χ3v) is 3.49. The molecule has 1 aliphatic rings. The van der Waals surface area contributed by atoms with E-state index in [0.29, 0.717) is 25.4 Å². The van der Waals surface area contributed by atoms with Gasteiger partial charge in [0.15, 0.2) is 11.2 Å². The van der Waals surface area contributed by atoms with Gasteiger partial charge in [0.2, 0.25) is 5.91 Å². The van der Waals surface area contributed by atoms with Gasteiger partial charge >= 0.3 is 0 Å². The summed E-state index contributed by atoms with van der Waals surface area (Å²) in [5, 5.41) is 0. The first-order valence-electron chi connectivity index (χ1n) is 6.65. The van der Waals surface area contributed by atoms with E-state index in [0.717, 1.165) is 0 Å². The van der Waals surface area contributed by atoms with Gasteiger partial charge in [0.1, 0.15) is 11.8 Å². The van der Waals surface area contributed by atoms with E-state index >= 15 is 0 Å². The Balaban J connectivity index is 2.25. The second kappa shape index (κ2) is 5.48. The molecule has 6 nitrogen and oxygen atoms in total. The molecule has 0 spiro atoms. The Morgan fingerprint density at radius 1 is 1.35 bits per heavy atom. The first-order valence-corrected chi connectivity index (χ1v) is 6.65. The zero-order chi connectivity index (χ0) is 14.9. The van der Waals surface area contributed by atoms with Crippen LogP contribution in [-0.2, 0) is 4.79 Å². The van der Waals surface area contributed by atoms with Crippen LogP contribution in [-0.4, -0.2) is 47.3 Å². The molecule has 0 bridgehead atoms. The molecule has 2 rings (SSSR count). The fraction of sp³-hybridized carbons (Fsp3) is 0.500. The summed E-state index contributed by atoms with van der Waals surface area (Å²) in [6.07, 6.45) is 0. The average molecular weight is 278 g/mol. The maximum absolute atomic E-state index is 12.4. The number of amides is 2. The lowest BCUT2D eigenvalue weighted by Crippen LogP contribution is -2.57. The minimum absolute atomic E-state index is 0.0143. The lowest BCUT2D eigenvalue weighted by Gasteiger charge is -2.38. The van der Waals surface area contributed by atoms with Gasteiger partial charge in [-0.2, -0.15) is 0 Å². The molecule has 108 valence electrons. The Labute approximate surface area is 117 Å². The minimum atomic E-state index is -0.540. The molecule has 0 saturated carbocycles. The van der Waals surface area contributed by atoms with Crippen LogP contribution in [0.2, 0.25) is 0 Å². The van der Waals surface area contributed by atoms with Gasteiger partial charge in [0, 0.05) is 31.8 Å². The number of aryl methyl sites for hydroxylation is 1. The zero-order valence-electron chi connectivity index (χ0n) is 11.9. The zero-order valence-corrected chi connectivity index (χ0v) is 11.9. The molecule has 0 aliphatic carbocycles. The smallest absolute Gasteiger partial charge is 0.290 e. The van der Waals surface area contributed by atoms with Crippen LogP contribution in [0.1, 0.15) is 30.2 Å². The van der Waals surface area contributed by atoms with Crippen LogP contribution in [0, 0.1) is 6.92 Å². The van der Waals surface area contributed by atoms with Crippen LogP contribution in [0.25, 0.3) is 0 Å². The summed E-state index contributed by atoms with van der Waals surface area (Å²) in [5.41, 5.74) is -0.275. The predicted molar refractivity (Wildman–Crippen MR) is 72.5 cm³/mol. The second-order valence-corrected chi connectivity index (χ2v) is 4.86. The van der Waals surface area contributed by atoms with Crippen LogP contribution >= 0.6 is 0 Å².